The summed E-state index contributed by atoms with van der Waals surface area (Å²) in [6.45, 7) is 5.54. The maximum absolute atomic E-state index is 5.69. The second-order valence-corrected chi connectivity index (χ2v) is 6.91. The first-order valence-electron chi connectivity index (χ1n) is 7.71. The van der Waals surface area contributed by atoms with Crippen LogP contribution >= 0.6 is 0 Å². The fraction of sp³-hybridized carbons (Fsp3) is 0.750. The zero-order valence-corrected chi connectivity index (χ0v) is 12.8. The summed E-state index contributed by atoms with van der Waals surface area (Å²) in [4.78, 5) is 9.41. The molecule has 4 heteroatoms. The van der Waals surface area contributed by atoms with E-state index in [2.05, 4.69) is 24.1 Å². The molecule has 110 valence electrons. The van der Waals surface area contributed by atoms with Gasteiger partial charge in [-0.2, -0.15) is 0 Å². The molecule has 0 bridgehead atoms. The monoisotopic (exact) mass is 275 g/mol. The van der Waals surface area contributed by atoms with E-state index in [-0.39, 0.29) is 0 Å². The van der Waals surface area contributed by atoms with Crippen molar-refractivity contribution < 1.29 is 4.74 Å². The summed E-state index contributed by atoms with van der Waals surface area (Å²) in [5, 5.41) is 3.40. The van der Waals surface area contributed by atoms with Gasteiger partial charge in [0.05, 0.1) is 6.10 Å². The van der Waals surface area contributed by atoms with Crippen molar-refractivity contribution in [2.45, 2.75) is 58.1 Å². The number of rotatable bonds is 3. The highest BCUT2D eigenvalue weighted by molar-refractivity contribution is 5.26. The van der Waals surface area contributed by atoms with Crippen LogP contribution in [0.25, 0.3) is 0 Å². The maximum Gasteiger partial charge on any atom is 0.131 e. The summed E-state index contributed by atoms with van der Waals surface area (Å²) in [7, 11) is 2.02. The van der Waals surface area contributed by atoms with Crippen LogP contribution in [-0.4, -0.2) is 29.7 Å². The predicted molar refractivity (Wildman–Crippen MR) is 78.6 cm³/mol. The third kappa shape index (κ3) is 2.86. The lowest BCUT2D eigenvalue weighted by Gasteiger charge is -2.36. The normalized spacial score (nSPS) is 28.4. The number of fused-ring (bicyclic) bond motifs is 1. The van der Waals surface area contributed by atoms with Gasteiger partial charge in [-0.25, -0.2) is 9.97 Å². The van der Waals surface area contributed by atoms with Gasteiger partial charge in [-0.1, -0.05) is 13.8 Å². The molecule has 2 unspecified atom stereocenters. The van der Waals surface area contributed by atoms with Crippen LogP contribution in [0.5, 0.6) is 0 Å². The number of aromatic nitrogens is 2. The van der Waals surface area contributed by atoms with E-state index in [0.717, 1.165) is 38.1 Å². The molecule has 3 rings (SSSR count). The van der Waals surface area contributed by atoms with Crippen molar-refractivity contribution in [2.24, 2.45) is 5.41 Å². The lowest BCUT2D eigenvalue weighted by Crippen LogP contribution is -2.33. The van der Waals surface area contributed by atoms with Gasteiger partial charge in [0, 0.05) is 36.5 Å². The first-order chi connectivity index (χ1) is 9.57. The molecule has 20 heavy (non-hydrogen) atoms. The van der Waals surface area contributed by atoms with Gasteiger partial charge in [-0.3, -0.25) is 0 Å². The molecule has 1 saturated heterocycles. The topological polar surface area (TPSA) is 47.0 Å². The molecule has 0 spiro atoms. The molecule has 2 aliphatic rings. The molecule has 1 aliphatic heterocycles. The van der Waals surface area contributed by atoms with Crippen LogP contribution < -0.4 is 5.32 Å². The van der Waals surface area contributed by atoms with Gasteiger partial charge in [-0.15, -0.1) is 0 Å². The lowest BCUT2D eigenvalue weighted by molar-refractivity contribution is 0.109. The minimum Gasteiger partial charge on any atom is -0.378 e. The summed E-state index contributed by atoms with van der Waals surface area (Å²) >= 11 is 0. The van der Waals surface area contributed by atoms with Crippen molar-refractivity contribution in [1.29, 1.82) is 0 Å². The summed E-state index contributed by atoms with van der Waals surface area (Å²) < 4.78 is 5.69. The Morgan fingerprint density at radius 3 is 3.00 bits per heavy atom. The molecule has 1 aromatic heterocycles. The third-order valence-electron chi connectivity index (χ3n) is 4.51. The molecule has 0 amide bonds. The van der Waals surface area contributed by atoms with Gasteiger partial charge in [0.15, 0.2) is 0 Å². The SMILES string of the molecule is CNC1CC(C)(C)Cc2nc(CC3CCCO3)ncc21. The Labute approximate surface area is 121 Å². The standard InChI is InChI=1S/C16H25N3O/c1-16(2)8-13(17-3)12-10-18-15(19-14(12)9-16)7-11-5-4-6-20-11/h10-11,13,17H,4-9H2,1-3H3. The van der Waals surface area contributed by atoms with Crippen molar-refractivity contribution in [3.8, 4) is 0 Å². The zero-order valence-electron chi connectivity index (χ0n) is 12.8. The molecular formula is C16H25N3O. The predicted octanol–water partition coefficient (Wildman–Crippen LogP) is 2.43. The van der Waals surface area contributed by atoms with Gasteiger partial charge >= 0.3 is 0 Å². The Morgan fingerprint density at radius 2 is 2.30 bits per heavy atom. The van der Waals surface area contributed by atoms with Crippen molar-refractivity contribution >= 4 is 0 Å². The first kappa shape index (κ1) is 14.0. The zero-order chi connectivity index (χ0) is 14.2. The smallest absolute Gasteiger partial charge is 0.131 e. The Hall–Kier alpha value is -1.00. The fourth-order valence-electron chi connectivity index (χ4n) is 3.45. The number of nitrogens with zero attached hydrogens (tertiary/aromatic N) is 2. The summed E-state index contributed by atoms with van der Waals surface area (Å²) in [6.07, 6.45) is 7.72. The second-order valence-electron chi connectivity index (χ2n) is 6.91. The Bertz CT molecular complexity index is 481. The highest BCUT2D eigenvalue weighted by Crippen LogP contribution is 2.39. The number of hydrogen-bond donors (Lipinski definition) is 1. The van der Waals surface area contributed by atoms with E-state index in [0.29, 0.717) is 17.6 Å². The molecule has 1 N–H and O–H groups in total. The van der Waals surface area contributed by atoms with Gasteiger partial charge in [0.25, 0.3) is 0 Å². The van der Waals surface area contributed by atoms with Gasteiger partial charge in [0.1, 0.15) is 5.82 Å². The van der Waals surface area contributed by atoms with E-state index in [9.17, 15) is 0 Å². The largest absolute Gasteiger partial charge is 0.378 e. The van der Waals surface area contributed by atoms with E-state index >= 15 is 0 Å². The van der Waals surface area contributed by atoms with Crippen LogP contribution in [0.15, 0.2) is 6.20 Å². The van der Waals surface area contributed by atoms with Crippen LogP contribution in [0.1, 0.15) is 56.2 Å². The second kappa shape index (κ2) is 5.41. The average Bonchev–Trinajstić information content (AvgIpc) is 2.89. The van der Waals surface area contributed by atoms with E-state index in [1.165, 1.54) is 17.7 Å². The molecule has 1 aliphatic carbocycles. The molecule has 1 aromatic rings. The van der Waals surface area contributed by atoms with Gasteiger partial charge in [-0.05, 0) is 38.1 Å². The first-order valence-corrected chi connectivity index (χ1v) is 7.71. The van der Waals surface area contributed by atoms with Crippen molar-refractivity contribution in [2.75, 3.05) is 13.7 Å². The number of ether oxygens (including phenoxy) is 1. The highest BCUT2D eigenvalue weighted by atomic mass is 16.5. The van der Waals surface area contributed by atoms with E-state index < -0.39 is 0 Å². The van der Waals surface area contributed by atoms with Crippen molar-refractivity contribution in [3.63, 3.8) is 0 Å². The molecule has 0 aromatic carbocycles. The lowest BCUT2D eigenvalue weighted by atomic mass is 9.74. The molecule has 0 radical (unpaired) electrons. The molecule has 0 saturated carbocycles. The number of nitrogens with one attached hydrogen (secondary N) is 1. The fourth-order valence-corrected chi connectivity index (χ4v) is 3.45. The van der Waals surface area contributed by atoms with Crippen LogP contribution in [-0.2, 0) is 17.6 Å². The molecule has 2 atom stereocenters. The Kier molecular flexibility index (Phi) is 3.78. The summed E-state index contributed by atoms with van der Waals surface area (Å²) in [5.74, 6) is 0.947. The molecule has 2 heterocycles. The Balaban J connectivity index is 1.83. The van der Waals surface area contributed by atoms with Crippen LogP contribution in [0, 0.1) is 5.41 Å². The highest BCUT2D eigenvalue weighted by Gasteiger charge is 2.33. The quantitative estimate of drug-likeness (QED) is 0.920. The molecule has 1 fully saturated rings. The van der Waals surface area contributed by atoms with Crippen molar-refractivity contribution in [1.82, 2.24) is 15.3 Å². The van der Waals surface area contributed by atoms with Gasteiger partial charge in [0.2, 0.25) is 0 Å². The Morgan fingerprint density at radius 1 is 1.45 bits per heavy atom. The van der Waals surface area contributed by atoms with Crippen LogP contribution in [0.3, 0.4) is 0 Å². The van der Waals surface area contributed by atoms with E-state index in [1.54, 1.807) is 0 Å². The van der Waals surface area contributed by atoms with Gasteiger partial charge < -0.3 is 10.1 Å². The summed E-state index contributed by atoms with van der Waals surface area (Å²) in [5.41, 5.74) is 2.81. The number of hydrogen-bond acceptors (Lipinski definition) is 4. The van der Waals surface area contributed by atoms with E-state index in [1.807, 2.05) is 13.2 Å². The minimum atomic E-state index is 0.302. The maximum atomic E-state index is 5.69. The van der Waals surface area contributed by atoms with Crippen molar-refractivity contribution in [3.05, 3.63) is 23.3 Å². The van der Waals surface area contributed by atoms with E-state index in [4.69, 9.17) is 9.72 Å². The molecule has 4 nitrogen and oxygen atoms in total. The summed E-state index contributed by atoms with van der Waals surface area (Å²) in [6, 6.07) is 0.380. The van der Waals surface area contributed by atoms with Crippen LogP contribution in [0.4, 0.5) is 0 Å². The molecular weight excluding hydrogens is 250 g/mol. The minimum absolute atomic E-state index is 0.302. The third-order valence-corrected chi connectivity index (χ3v) is 4.51. The average molecular weight is 275 g/mol. The van der Waals surface area contributed by atoms with Crippen LogP contribution in [0.2, 0.25) is 0 Å².